The summed E-state index contributed by atoms with van der Waals surface area (Å²) in [7, 11) is 0. The van der Waals surface area contributed by atoms with Gasteiger partial charge in [0.1, 0.15) is 0 Å². The number of carbonyl (C=O) groups excluding carboxylic acids is 1. The minimum atomic E-state index is -0.0899. The second kappa shape index (κ2) is 9.22. The number of ether oxygens (including phenoxy) is 1. The van der Waals surface area contributed by atoms with E-state index in [1.165, 1.54) is 11.8 Å². The lowest BCUT2D eigenvalue weighted by atomic mass is 10.0. The molecule has 9 nitrogen and oxygen atoms in total. The predicted octanol–water partition coefficient (Wildman–Crippen LogP) is 2.30. The van der Waals surface area contributed by atoms with Crippen molar-refractivity contribution < 1.29 is 13.9 Å². The summed E-state index contributed by atoms with van der Waals surface area (Å²) in [6.45, 7) is 6.22. The maximum Gasteiger partial charge on any atom is 0.289 e. The standard InChI is InChI=1S/C23H28N6O3/c1-17-6-8-18(9-7-17)21(22-24-25-26-29(22)16-19-4-2-14-31-19)27-10-12-28(13-11-27)23(30)20-5-3-15-32-20/h3,5-9,15,19,21H,2,4,10-14,16H2,1H3/t19-,21+/m1/s1. The molecule has 9 heteroatoms. The van der Waals surface area contributed by atoms with Gasteiger partial charge in [0.2, 0.25) is 0 Å². The Kier molecular flexibility index (Phi) is 6.00. The molecule has 0 N–H and O–H groups in total. The molecular weight excluding hydrogens is 408 g/mol. The van der Waals surface area contributed by atoms with Crippen LogP contribution in [-0.4, -0.2) is 74.8 Å². The number of nitrogens with zero attached hydrogens (tertiary/aromatic N) is 6. The van der Waals surface area contributed by atoms with Gasteiger partial charge >= 0.3 is 0 Å². The Morgan fingerprint density at radius 3 is 2.66 bits per heavy atom. The number of hydrogen-bond donors (Lipinski definition) is 0. The maximum absolute atomic E-state index is 12.7. The van der Waals surface area contributed by atoms with E-state index < -0.39 is 0 Å². The lowest BCUT2D eigenvalue weighted by Gasteiger charge is -2.38. The molecule has 2 saturated heterocycles. The highest BCUT2D eigenvalue weighted by molar-refractivity contribution is 5.91. The Hall–Kier alpha value is -3.04. The van der Waals surface area contributed by atoms with Crippen LogP contribution in [0.4, 0.5) is 0 Å². The zero-order valence-corrected chi connectivity index (χ0v) is 18.3. The van der Waals surface area contributed by atoms with Crippen LogP contribution in [-0.2, 0) is 11.3 Å². The third-order valence-electron chi connectivity index (χ3n) is 6.30. The molecule has 0 radical (unpaired) electrons. The first-order valence-electron chi connectivity index (χ1n) is 11.2. The first-order valence-corrected chi connectivity index (χ1v) is 11.2. The van der Waals surface area contributed by atoms with Gasteiger partial charge in [0.25, 0.3) is 5.91 Å². The highest BCUT2D eigenvalue weighted by atomic mass is 16.5. The van der Waals surface area contributed by atoms with Crippen LogP contribution in [0.15, 0.2) is 47.1 Å². The molecule has 0 spiro atoms. The van der Waals surface area contributed by atoms with E-state index in [9.17, 15) is 4.79 Å². The van der Waals surface area contributed by atoms with Crippen LogP contribution >= 0.6 is 0 Å². The molecule has 2 aliphatic heterocycles. The molecule has 2 fully saturated rings. The summed E-state index contributed by atoms with van der Waals surface area (Å²) in [6, 6.07) is 11.9. The largest absolute Gasteiger partial charge is 0.459 e. The number of aromatic nitrogens is 4. The number of aryl methyl sites for hydroxylation is 1. The fourth-order valence-electron chi connectivity index (χ4n) is 4.53. The Morgan fingerprint density at radius 1 is 1.16 bits per heavy atom. The lowest BCUT2D eigenvalue weighted by Crippen LogP contribution is -2.50. The van der Waals surface area contributed by atoms with Crippen molar-refractivity contribution in [1.29, 1.82) is 0 Å². The number of tetrazole rings is 1. The van der Waals surface area contributed by atoms with Crippen molar-refractivity contribution >= 4 is 5.91 Å². The van der Waals surface area contributed by atoms with Crippen LogP contribution in [0.1, 0.15) is 46.4 Å². The average Bonchev–Trinajstić information content (AvgIpc) is 3.60. The van der Waals surface area contributed by atoms with Crippen molar-refractivity contribution in [3.63, 3.8) is 0 Å². The van der Waals surface area contributed by atoms with Crippen LogP contribution in [0.2, 0.25) is 0 Å². The van der Waals surface area contributed by atoms with Crippen molar-refractivity contribution in [2.24, 2.45) is 0 Å². The Labute approximate surface area is 186 Å². The molecule has 2 aromatic heterocycles. The van der Waals surface area contributed by atoms with E-state index >= 15 is 0 Å². The summed E-state index contributed by atoms with van der Waals surface area (Å²) >= 11 is 0. The van der Waals surface area contributed by atoms with Crippen LogP contribution in [0, 0.1) is 6.92 Å². The first-order chi connectivity index (χ1) is 15.7. The first kappa shape index (κ1) is 20.8. The van der Waals surface area contributed by atoms with Crippen LogP contribution in [0.3, 0.4) is 0 Å². The van der Waals surface area contributed by atoms with Gasteiger partial charge in [-0.25, -0.2) is 4.68 Å². The van der Waals surface area contributed by atoms with E-state index in [0.29, 0.717) is 25.4 Å². The van der Waals surface area contributed by atoms with Crippen molar-refractivity contribution in [2.45, 2.75) is 38.5 Å². The van der Waals surface area contributed by atoms with Gasteiger partial charge in [-0.3, -0.25) is 9.69 Å². The topological polar surface area (TPSA) is 89.5 Å². The minimum Gasteiger partial charge on any atom is -0.459 e. The molecule has 168 valence electrons. The Bertz CT molecular complexity index is 1020. The minimum absolute atomic E-state index is 0.0650. The van der Waals surface area contributed by atoms with E-state index in [0.717, 1.165) is 43.9 Å². The molecule has 2 atom stereocenters. The Balaban J connectivity index is 1.38. The quantitative estimate of drug-likeness (QED) is 0.586. The van der Waals surface area contributed by atoms with Gasteiger partial charge in [0, 0.05) is 32.8 Å². The van der Waals surface area contributed by atoms with Gasteiger partial charge in [-0.15, -0.1) is 5.10 Å². The molecule has 1 aromatic carbocycles. The van der Waals surface area contributed by atoms with E-state index in [2.05, 4.69) is 51.6 Å². The highest BCUT2D eigenvalue weighted by Crippen LogP contribution is 2.29. The number of furan rings is 1. The van der Waals surface area contributed by atoms with Crippen LogP contribution < -0.4 is 0 Å². The summed E-state index contributed by atoms with van der Waals surface area (Å²) in [5, 5.41) is 12.7. The van der Waals surface area contributed by atoms with E-state index in [-0.39, 0.29) is 18.1 Å². The van der Waals surface area contributed by atoms with Gasteiger partial charge in [0.05, 0.1) is 25.0 Å². The van der Waals surface area contributed by atoms with E-state index in [4.69, 9.17) is 9.15 Å². The monoisotopic (exact) mass is 436 g/mol. The van der Waals surface area contributed by atoms with Gasteiger partial charge in [-0.1, -0.05) is 29.8 Å². The second-order valence-corrected chi connectivity index (χ2v) is 8.47. The number of amides is 1. The molecule has 1 amide bonds. The highest BCUT2D eigenvalue weighted by Gasteiger charge is 2.33. The lowest BCUT2D eigenvalue weighted by molar-refractivity contribution is 0.0551. The molecule has 0 aliphatic carbocycles. The number of hydrogen-bond acceptors (Lipinski definition) is 7. The molecule has 5 rings (SSSR count). The zero-order chi connectivity index (χ0) is 21.9. The van der Waals surface area contributed by atoms with Crippen molar-refractivity contribution in [1.82, 2.24) is 30.0 Å². The fraction of sp³-hybridized carbons (Fsp3) is 0.478. The summed E-state index contributed by atoms with van der Waals surface area (Å²) in [5.74, 6) is 1.13. The van der Waals surface area contributed by atoms with Gasteiger partial charge in [-0.2, -0.15) is 0 Å². The van der Waals surface area contributed by atoms with Gasteiger partial charge < -0.3 is 14.1 Å². The molecule has 32 heavy (non-hydrogen) atoms. The van der Waals surface area contributed by atoms with Crippen LogP contribution in [0.25, 0.3) is 0 Å². The van der Waals surface area contributed by atoms with Crippen molar-refractivity contribution in [3.05, 3.63) is 65.4 Å². The smallest absolute Gasteiger partial charge is 0.289 e. The number of rotatable bonds is 6. The number of benzene rings is 1. The molecule has 2 aliphatic rings. The summed E-state index contributed by atoms with van der Waals surface area (Å²) < 4.78 is 13.0. The van der Waals surface area contributed by atoms with E-state index in [1.54, 1.807) is 12.1 Å². The molecule has 3 aromatic rings. The van der Waals surface area contributed by atoms with Crippen molar-refractivity contribution in [2.75, 3.05) is 32.8 Å². The normalized spacial score (nSPS) is 20.5. The zero-order valence-electron chi connectivity index (χ0n) is 18.3. The van der Waals surface area contributed by atoms with Gasteiger partial charge in [0.15, 0.2) is 11.6 Å². The molecule has 0 saturated carbocycles. The van der Waals surface area contributed by atoms with E-state index in [1.807, 2.05) is 9.58 Å². The fourth-order valence-corrected chi connectivity index (χ4v) is 4.53. The molecule has 0 bridgehead atoms. The predicted molar refractivity (Wildman–Crippen MR) is 116 cm³/mol. The third-order valence-corrected chi connectivity index (χ3v) is 6.30. The molecule has 4 heterocycles. The number of carbonyl (C=O) groups is 1. The average molecular weight is 437 g/mol. The van der Waals surface area contributed by atoms with Crippen molar-refractivity contribution in [3.8, 4) is 0 Å². The van der Waals surface area contributed by atoms with Gasteiger partial charge in [-0.05, 0) is 47.9 Å². The third kappa shape index (κ3) is 4.31. The SMILES string of the molecule is Cc1ccc([C@@H](c2nnnn2C[C@H]2CCCO2)N2CCN(C(=O)c3ccco3)CC2)cc1. The summed E-state index contributed by atoms with van der Waals surface area (Å²) in [6.07, 6.45) is 3.79. The maximum atomic E-state index is 12.7. The summed E-state index contributed by atoms with van der Waals surface area (Å²) in [4.78, 5) is 16.9. The number of piperazine rings is 1. The molecular formula is C23H28N6O3. The molecule has 0 unspecified atom stereocenters. The summed E-state index contributed by atoms with van der Waals surface area (Å²) in [5.41, 5.74) is 2.35. The second-order valence-electron chi connectivity index (χ2n) is 8.47. The Morgan fingerprint density at radius 2 is 1.97 bits per heavy atom. The van der Waals surface area contributed by atoms with Crippen LogP contribution in [0.5, 0.6) is 0 Å².